The SMILES string of the molecule is C=CCOC(=O)/C(C#N)=C(/S/C(C)=C\c1ccc2c(c1)CCC1=C(C=CCC1)N2)N(C=O)CC(=O)O.CCCCCC. The minimum absolute atomic E-state index is 0.113. The molecule has 2 N–H and O–H groups in total. The van der Waals surface area contributed by atoms with Gasteiger partial charge in [0.25, 0.3) is 0 Å². The number of rotatable bonds is 13. The molecule has 42 heavy (non-hydrogen) atoms. The molecule has 0 saturated heterocycles. The Kier molecular flexibility index (Phi) is 15.0. The van der Waals surface area contributed by atoms with Crippen molar-refractivity contribution in [1.29, 1.82) is 5.26 Å². The van der Waals surface area contributed by atoms with Gasteiger partial charge in [-0.1, -0.05) is 76.1 Å². The first-order chi connectivity index (χ1) is 20.3. The summed E-state index contributed by atoms with van der Waals surface area (Å²) in [7, 11) is 0. The number of unbranched alkanes of at least 4 members (excludes halogenated alkanes) is 3. The van der Waals surface area contributed by atoms with Gasteiger partial charge in [0.05, 0.1) is 0 Å². The number of carboxylic acid groups (broad SMARTS) is 1. The zero-order valence-electron chi connectivity index (χ0n) is 24.8. The molecule has 1 aromatic rings. The number of esters is 1. The number of benzene rings is 1. The van der Waals surface area contributed by atoms with E-state index in [-0.39, 0.29) is 18.0 Å². The molecule has 1 aliphatic carbocycles. The highest BCUT2D eigenvalue weighted by atomic mass is 32.2. The van der Waals surface area contributed by atoms with Gasteiger partial charge in [0.1, 0.15) is 24.2 Å². The van der Waals surface area contributed by atoms with Crippen molar-refractivity contribution in [2.24, 2.45) is 0 Å². The molecule has 224 valence electrons. The Morgan fingerprint density at radius 3 is 2.57 bits per heavy atom. The summed E-state index contributed by atoms with van der Waals surface area (Å²) in [6.45, 7) is 8.84. The van der Waals surface area contributed by atoms with Gasteiger partial charge in [-0.05, 0) is 78.5 Å². The lowest BCUT2D eigenvalue weighted by Gasteiger charge is -2.20. The summed E-state index contributed by atoms with van der Waals surface area (Å²) in [6, 6.07) is 7.80. The number of thioether (sulfide) groups is 1. The molecule has 0 radical (unpaired) electrons. The van der Waals surface area contributed by atoms with Gasteiger partial charge in [0.2, 0.25) is 6.41 Å². The van der Waals surface area contributed by atoms with Crippen molar-refractivity contribution < 1.29 is 24.2 Å². The van der Waals surface area contributed by atoms with Crippen LogP contribution in [0, 0.1) is 11.3 Å². The van der Waals surface area contributed by atoms with Crippen molar-refractivity contribution >= 4 is 41.9 Å². The number of carbonyl (C=O) groups excluding carboxylic acids is 2. The van der Waals surface area contributed by atoms with Crippen LogP contribution in [0.5, 0.6) is 0 Å². The molecule has 0 aromatic heterocycles. The van der Waals surface area contributed by atoms with Gasteiger partial charge in [-0.3, -0.25) is 14.5 Å². The quantitative estimate of drug-likeness (QED) is 0.0611. The molecule has 9 heteroatoms. The number of carbonyl (C=O) groups is 3. The lowest BCUT2D eigenvalue weighted by atomic mass is 9.97. The van der Waals surface area contributed by atoms with Crippen LogP contribution in [0.25, 0.3) is 6.08 Å². The third-order valence-electron chi connectivity index (χ3n) is 6.51. The zero-order chi connectivity index (χ0) is 30.9. The van der Waals surface area contributed by atoms with E-state index in [0.29, 0.717) is 4.91 Å². The molecule has 3 rings (SSSR count). The summed E-state index contributed by atoms with van der Waals surface area (Å²) in [4.78, 5) is 36.9. The third-order valence-corrected chi connectivity index (χ3v) is 7.59. The fourth-order valence-corrected chi connectivity index (χ4v) is 5.38. The highest BCUT2D eigenvalue weighted by Gasteiger charge is 2.24. The standard InChI is InChI=1S/C27H27N3O5S.C6H14/c1-3-12-35-27(34)22(15-28)26(30(17-31)16-25(32)33)36-18(2)13-19-8-11-24-21(14-19)10-9-20-6-4-5-7-23(20)29-24;1-3-5-6-4-2/h3,5,7-8,11,13-14,17,29H,1,4,6,9-10,12,16H2,2H3,(H,32,33);3-6H2,1-2H3/b18-13-,26-22+;. The number of fused-ring (bicyclic) bond motifs is 1. The number of amides is 1. The van der Waals surface area contributed by atoms with Gasteiger partial charge in [0, 0.05) is 11.4 Å². The van der Waals surface area contributed by atoms with Gasteiger partial charge >= 0.3 is 11.9 Å². The first-order valence-corrected chi connectivity index (χ1v) is 15.1. The maximum Gasteiger partial charge on any atom is 0.351 e. The van der Waals surface area contributed by atoms with Crippen molar-refractivity contribution in [2.45, 2.75) is 72.1 Å². The first kappa shape index (κ1) is 34.2. The molecule has 1 aromatic carbocycles. The van der Waals surface area contributed by atoms with Crippen LogP contribution in [0.1, 0.15) is 76.8 Å². The van der Waals surface area contributed by atoms with Crippen LogP contribution in [0.2, 0.25) is 0 Å². The number of aryl methyl sites for hydroxylation is 1. The van der Waals surface area contributed by atoms with Crippen molar-refractivity contribution in [1.82, 2.24) is 4.90 Å². The van der Waals surface area contributed by atoms with E-state index in [9.17, 15) is 24.8 Å². The lowest BCUT2D eigenvalue weighted by molar-refractivity contribution is -0.140. The van der Waals surface area contributed by atoms with E-state index in [0.717, 1.165) is 53.6 Å². The summed E-state index contributed by atoms with van der Waals surface area (Å²) in [5.74, 6) is -2.26. The van der Waals surface area contributed by atoms with E-state index in [1.807, 2.05) is 18.2 Å². The molecular weight excluding hydrogens is 550 g/mol. The molecule has 8 nitrogen and oxygen atoms in total. The average molecular weight is 592 g/mol. The second kappa shape index (κ2) is 18.4. The number of nitrogens with zero attached hydrogens (tertiary/aromatic N) is 2. The number of carboxylic acids is 1. The minimum atomic E-state index is -1.29. The van der Waals surface area contributed by atoms with E-state index in [1.54, 1.807) is 13.0 Å². The Labute approximate surface area is 253 Å². The van der Waals surface area contributed by atoms with Crippen molar-refractivity contribution in [3.63, 3.8) is 0 Å². The maximum absolute atomic E-state index is 12.4. The number of hydrogen-bond donors (Lipinski definition) is 2. The smallest absolute Gasteiger partial charge is 0.351 e. The molecule has 0 saturated carbocycles. The van der Waals surface area contributed by atoms with Crippen molar-refractivity contribution in [3.8, 4) is 6.07 Å². The largest absolute Gasteiger partial charge is 0.480 e. The fraction of sp³-hybridized carbons (Fsp3) is 0.394. The van der Waals surface area contributed by atoms with Gasteiger partial charge in [-0.25, -0.2) is 4.79 Å². The molecule has 0 spiro atoms. The predicted molar refractivity (Wildman–Crippen MR) is 169 cm³/mol. The first-order valence-electron chi connectivity index (χ1n) is 14.3. The number of nitrogens with one attached hydrogen (secondary N) is 1. The minimum Gasteiger partial charge on any atom is -0.480 e. The monoisotopic (exact) mass is 591 g/mol. The molecule has 0 atom stereocenters. The van der Waals surface area contributed by atoms with Crippen LogP contribution < -0.4 is 5.32 Å². The number of hydrogen-bond acceptors (Lipinski definition) is 7. The summed E-state index contributed by atoms with van der Waals surface area (Å²) >= 11 is 0.956. The highest BCUT2D eigenvalue weighted by Crippen LogP contribution is 2.34. The molecule has 1 amide bonds. The molecule has 1 aliphatic heterocycles. The Hall–Kier alpha value is -4.03. The third kappa shape index (κ3) is 10.7. The molecule has 0 bridgehead atoms. The Morgan fingerprint density at radius 2 is 1.95 bits per heavy atom. The normalized spacial score (nSPS) is 14.4. The predicted octanol–water partition coefficient (Wildman–Crippen LogP) is 7.34. The van der Waals surface area contributed by atoms with E-state index in [1.165, 1.54) is 48.6 Å². The Balaban J connectivity index is 0.000000928. The van der Waals surface area contributed by atoms with Gasteiger partial charge in [-0.2, -0.15) is 5.26 Å². The molecule has 0 fully saturated rings. The lowest BCUT2D eigenvalue weighted by Crippen LogP contribution is -2.29. The van der Waals surface area contributed by atoms with Gasteiger partial charge in [-0.15, -0.1) is 0 Å². The maximum atomic E-state index is 12.4. The van der Waals surface area contributed by atoms with Crippen molar-refractivity contribution in [2.75, 3.05) is 18.5 Å². The van der Waals surface area contributed by atoms with Gasteiger partial charge < -0.3 is 15.2 Å². The molecule has 2 aliphatic rings. The van der Waals surface area contributed by atoms with Crippen LogP contribution in [0.4, 0.5) is 5.69 Å². The van der Waals surface area contributed by atoms with Gasteiger partial charge in [0.15, 0.2) is 5.57 Å². The summed E-state index contributed by atoms with van der Waals surface area (Å²) in [5.41, 5.74) is 5.26. The number of aliphatic carboxylic acids is 1. The van der Waals surface area contributed by atoms with Crippen LogP contribution in [-0.2, 0) is 25.5 Å². The van der Waals surface area contributed by atoms with Crippen LogP contribution >= 0.6 is 11.8 Å². The summed E-state index contributed by atoms with van der Waals surface area (Å²) < 4.78 is 4.96. The Morgan fingerprint density at radius 1 is 1.21 bits per heavy atom. The van der Waals surface area contributed by atoms with Crippen LogP contribution in [0.15, 0.2) is 69.8 Å². The number of allylic oxidation sites excluding steroid dienone is 4. The van der Waals surface area contributed by atoms with E-state index in [4.69, 9.17) is 4.74 Å². The van der Waals surface area contributed by atoms with E-state index < -0.39 is 24.1 Å². The topological polar surface area (TPSA) is 120 Å². The van der Waals surface area contributed by atoms with E-state index >= 15 is 0 Å². The zero-order valence-corrected chi connectivity index (χ0v) is 25.6. The number of nitriles is 1. The average Bonchev–Trinajstić information content (AvgIpc) is 3.17. The molecular formula is C33H41N3O5S. The second-order valence-corrected chi connectivity index (χ2v) is 11.1. The molecule has 0 unspecified atom stereocenters. The fourth-order valence-electron chi connectivity index (χ4n) is 4.42. The van der Waals surface area contributed by atoms with E-state index in [2.05, 4.69) is 44.0 Å². The summed E-state index contributed by atoms with van der Waals surface area (Å²) in [6.07, 6.45) is 17.3. The van der Waals surface area contributed by atoms with Crippen LogP contribution in [-0.4, -0.2) is 41.5 Å². The highest BCUT2D eigenvalue weighted by molar-refractivity contribution is 8.06. The second-order valence-electron chi connectivity index (χ2n) is 9.87. The molecule has 1 heterocycles. The van der Waals surface area contributed by atoms with Crippen LogP contribution in [0.3, 0.4) is 0 Å². The van der Waals surface area contributed by atoms with Crippen molar-refractivity contribution in [3.05, 3.63) is 80.9 Å². The Bertz CT molecular complexity index is 1300. The summed E-state index contributed by atoms with van der Waals surface area (Å²) in [5, 5.41) is 22.2. The number of anilines is 1. The number of ether oxygens (including phenoxy) is 1.